The number of allylic oxidation sites excluding steroid dienone is 1. The van der Waals surface area contributed by atoms with Crippen molar-refractivity contribution in [3.8, 4) is 0 Å². The summed E-state index contributed by atoms with van der Waals surface area (Å²) in [5, 5.41) is 8.91. The number of aliphatic hydroxyl groups is 1. The van der Waals surface area contributed by atoms with Crippen LogP contribution in [0.25, 0.3) is 0 Å². The van der Waals surface area contributed by atoms with Crippen molar-refractivity contribution in [3.05, 3.63) is 48.0 Å². The van der Waals surface area contributed by atoms with Crippen molar-refractivity contribution in [2.75, 3.05) is 0 Å². The zero-order valence-electron chi connectivity index (χ0n) is 7.47. The van der Waals surface area contributed by atoms with Gasteiger partial charge in [0.15, 0.2) is 5.78 Å². The Morgan fingerprint density at radius 2 is 2.00 bits per heavy atom. The van der Waals surface area contributed by atoms with Crippen molar-refractivity contribution < 1.29 is 9.90 Å². The van der Waals surface area contributed by atoms with Crippen molar-refractivity contribution in [2.24, 2.45) is 0 Å². The van der Waals surface area contributed by atoms with Crippen LogP contribution < -0.4 is 0 Å². The summed E-state index contributed by atoms with van der Waals surface area (Å²) >= 11 is 0. The maximum absolute atomic E-state index is 11.4. The number of hydrogen-bond acceptors (Lipinski definition) is 2. The third-order valence-corrected chi connectivity index (χ3v) is 1.58. The average molecular weight is 176 g/mol. The van der Waals surface area contributed by atoms with Crippen LogP contribution >= 0.6 is 0 Å². The Morgan fingerprint density at radius 1 is 1.38 bits per heavy atom. The average Bonchev–Trinajstić information content (AvgIpc) is 2.15. The van der Waals surface area contributed by atoms with Gasteiger partial charge < -0.3 is 5.11 Å². The number of rotatable bonds is 3. The molecule has 2 heteroatoms. The molecule has 0 fully saturated rings. The predicted octanol–water partition coefficient (Wildman–Crippen LogP) is 1.81. The van der Waals surface area contributed by atoms with E-state index in [2.05, 4.69) is 0 Å². The minimum Gasteiger partial charge on any atom is -0.389 e. The van der Waals surface area contributed by atoms with E-state index < -0.39 is 6.10 Å². The maximum atomic E-state index is 11.4. The number of carbonyl (C=O) groups excluding carboxylic acids is 1. The molecule has 0 unspecified atom stereocenters. The van der Waals surface area contributed by atoms with Crippen molar-refractivity contribution in [1.29, 1.82) is 0 Å². The molecule has 0 radical (unpaired) electrons. The van der Waals surface area contributed by atoms with Gasteiger partial charge in [-0.3, -0.25) is 4.79 Å². The molecule has 1 atom stereocenters. The number of aliphatic hydroxyl groups excluding tert-OH is 1. The monoisotopic (exact) mass is 176 g/mol. The fourth-order valence-corrected chi connectivity index (χ4v) is 0.925. The minimum absolute atomic E-state index is 0.0819. The van der Waals surface area contributed by atoms with Crippen LogP contribution in [0, 0.1) is 0 Å². The molecular weight excluding hydrogens is 164 g/mol. The summed E-state index contributed by atoms with van der Waals surface area (Å²) in [5.74, 6) is -0.0819. The highest BCUT2D eigenvalue weighted by molar-refractivity contribution is 6.04. The zero-order valence-corrected chi connectivity index (χ0v) is 7.47. The van der Waals surface area contributed by atoms with E-state index in [1.54, 1.807) is 19.1 Å². The van der Waals surface area contributed by atoms with Gasteiger partial charge in [0.25, 0.3) is 0 Å². The summed E-state index contributed by atoms with van der Waals surface area (Å²) in [6.07, 6.45) is 2.28. The van der Waals surface area contributed by atoms with Crippen LogP contribution in [-0.2, 0) is 0 Å². The molecule has 68 valence electrons. The van der Waals surface area contributed by atoms with Gasteiger partial charge in [0.1, 0.15) is 0 Å². The third-order valence-electron chi connectivity index (χ3n) is 1.58. The Balaban J connectivity index is 2.70. The molecule has 0 aliphatic rings. The van der Waals surface area contributed by atoms with Gasteiger partial charge in [0.05, 0.1) is 6.10 Å². The van der Waals surface area contributed by atoms with Crippen LogP contribution in [0.5, 0.6) is 0 Å². The summed E-state index contributed by atoms with van der Waals surface area (Å²) in [6.45, 7) is 1.61. The Labute approximate surface area is 77.5 Å². The lowest BCUT2D eigenvalue weighted by Gasteiger charge is -1.95. The number of ketones is 1. The molecule has 0 saturated heterocycles. The first-order chi connectivity index (χ1) is 6.20. The Morgan fingerprint density at radius 3 is 2.54 bits per heavy atom. The summed E-state index contributed by atoms with van der Waals surface area (Å²) in [5.41, 5.74) is 0.638. The van der Waals surface area contributed by atoms with Crippen molar-refractivity contribution >= 4 is 5.78 Å². The van der Waals surface area contributed by atoms with Crippen LogP contribution in [0.3, 0.4) is 0 Å². The van der Waals surface area contributed by atoms with E-state index in [4.69, 9.17) is 5.11 Å². The van der Waals surface area contributed by atoms with E-state index in [0.29, 0.717) is 5.56 Å². The van der Waals surface area contributed by atoms with Crippen molar-refractivity contribution in [1.82, 2.24) is 0 Å². The van der Waals surface area contributed by atoms with Gasteiger partial charge in [-0.15, -0.1) is 0 Å². The Hall–Kier alpha value is -1.41. The van der Waals surface area contributed by atoms with Crippen LogP contribution in [-0.4, -0.2) is 17.0 Å². The molecule has 1 aromatic rings. The lowest BCUT2D eigenvalue weighted by molar-refractivity contribution is 0.104. The first-order valence-corrected chi connectivity index (χ1v) is 4.16. The number of benzene rings is 1. The smallest absolute Gasteiger partial charge is 0.185 e. The van der Waals surface area contributed by atoms with Gasteiger partial charge in [-0.2, -0.15) is 0 Å². The van der Waals surface area contributed by atoms with Crippen LogP contribution in [0.15, 0.2) is 42.5 Å². The SMILES string of the molecule is C[C@H](O)/C=C/C(=O)c1ccccc1. The summed E-state index contributed by atoms with van der Waals surface area (Å²) < 4.78 is 0. The maximum Gasteiger partial charge on any atom is 0.185 e. The van der Waals surface area contributed by atoms with Gasteiger partial charge in [-0.1, -0.05) is 36.4 Å². The molecule has 0 aromatic heterocycles. The molecule has 0 bridgehead atoms. The molecular formula is C11H12O2. The largest absolute Gasteiger partial charge is 0.389 e. The molecule has 1 rings (SSSR count). The summed E-state index contributed by atoms with van der Waals surface area (Å²) in [4.78, 5) is 11.4. The minimum atomic E-state index is -0.576. The number of hydrogen-bond donors (Lipinski definition) is 1. The van der Waals surface area contributed by atoms with Crippen LogP contribution in [0.1, 0.15) is 17.3 Å². The van der Waals surface area contributed by atoms with Gasteiger partial charge in [-0.05, 0) is 13.0 Å². The second-order valence-electron chi connectivity index (χ2n) is 2.83. The molecule has 0 saturated carbocycles. The topological polar surface area (TPSA) is 37.3 Å². The lowest BCUT2D eigenvalue weighted by Crippen LogP contribution is -1.97. The van der Waals surface area contributed by atoms with E-state index in [9.17, 15) is 4.79 Å². The first kappa shape index (κ1) is 9.68. The molecule has 0 aliphatic carbocycles. The van der Waals surface area contributed by atoms with E-state index in [1.165, 1.54) is 12.2 Å². The Kier molecular flexibility index (Phi) is 3.41. The van der Waals surface area contributed by atoms with Crippen molar-refractivity contribution in [2.45, 2.75) is 13.0 Å². The molecule has 13 heavy (non-hydrogen) atoms. The van der Waals surface area contributed by atoms with Gasteiger partial charge in [-0.25, -0.2) is 0 Å². The molecule has 0 spiro atoms. The van der Waals surface area contributed by atoms with Crippen molar-refractivity contribution in [3.63, 3.8) is 0 Å². The van der Waals surface area contributed by atoms with E-state index in [1.807, 2.05) is 18.2 Å². The fraction of sp³-hybridized carbons (Fsp3) is 0.182. The van der Waals surface area contributed by atoms with E-state index in [-0.39, 0.29) is 5.78 Å². The highest BCUT2D eigenvalue weighted by atomic mass is 16.3. The fourth-order valence-electron chi connectivity index (χ4n) is 0.925. The molecule has 0 heterocycles. The molecule has 1 aromatic carbocycles. The van der Waals surface area contributed by atoms with E-state index in [0.717, 1.165) is 0 Å². The number of carbonyl (C=O) groups is 1. The second-order valence-corrected chi connectivity index (χ2v) is 2.83. The summed E-state index contributed by atoms with van der Waals surface area (Å²) in [6, 6.07) is 8.96. The molecule has 1 N–H and O–H groups in total. The predicted molar refractivity (Wildman–Crippen MR) is 51.6 cm³/mol. The zero-order chi connectivity index (χ0) is 9.68. The third kappa shape index (κ3) is 3.22. The molecule has 0 aliphatic heterocycles. The highest BCUT2D eigenvalue weighted by Crippen LogP contribution is 2.00. The first-order valence-electron chi connectivity index (χ1n) is 4.16. The quantitative estimate of drug-likeness (QED) is 0.563. The van der Waals surface area contributed by atoms with Gasteiger partial charge in [0, 0.05) is 5.56 Å². The second kappa shape index (κ2) is 4.58. The normalized spacial score (nSPS) is 13.1. The highest BCUT2D eigenvalue weighted by Gasteiger charge is 1.99. The lowest BCUT2D eigenvalue weighted by atomic mass is 10.1. The Bertz CT molecular complexity index is 299. The summed E-state index contributed by atoms with van der Waals surface area (Å²) in [7, 11) is 0. The van der Waals surface area contributed by atoms with Crippen LogP contribution in [0.2, 0.25) is 0 Å². The van der Waals surface area contributed by atoms with Crippen LogP contribution in [0.4, 0.5) is 0 Å². The molecule has 0 amide bonds. The molecule has 2 nitrogen and oxygen atoms in total. The van der Waals surface area contributed by atoms with E-state index >= 15 is 0 Å². The van der Waals surface area contributed by atoms with Gasteiger partial charge in [0.2, 0.25) is 0 Å². The van der Waals surface area contributed by atoms with Gasteiger partial charge >= 0.3 is 0 Å². The standard InChI is InChI=1S/C11H12O2/c1-9(12)7-8-11(13)10-5-3-2-4-6-10/h2-9,12H,1H3/b8-7+/t9-/m0/s1.